The van der Waals surface area contributed by atoms with Crippen LogP contribution in [0.25, 0.3) is 10.2 Å². The number of likely N-dealkylation sites (N-methyl/N-ethyl adjacent to an activating group) is 1. The van der Waals surface area contributed by atoms with Crippen molar-refractivity contribution in [3.8, 4) is 0 Å². The van der Waals surface area contributed by atoms with Crippen LogP contribution in [0.1, 0.15) is 18.0 Å². The number of para-hydroxylation sites is 1. The molecule has 124 valence electrons. The summed E-state index contributed by atoms with van der Waals surface area (Å²) in [5.41, 5.74) is 1.80. The number of nitrogens with zero attached hydrogens (tertiary/aromatic N) is 2. The fourth-order valence-electron chi connectivity index (χ4n) is 2.39. The molecule has 0 spiro atoms. The topological polar surface area (TPSA) is 45.2 Å². The number of carbonyl (C=O) groups is 1. The normalized spacial score (nSPS) is 12.5. The third kappa shape index (κ3) is 4.01. The zero-order valence-corrected chi connectivity index (χ0v) is 15.9. The van der Waals surface area contributed by atoms with Crippen LogP contribution in [0.15, 0.2) is 53.0 Å². The molecule has 24 heavy (non-hydrogen) atoms. The first-order valence-corrected chi connectivity index (χ1v) is 9.25. The van der Waals surface area contributed by atoms with Crippen LogP contribution in [0, 0.1) is 0 Å². The molecule has 0 unspecified atom stereocenters. The van der Waals surface area contributed by atoms with E-state index in [1.54, 1.807) is 11.3 Å². The highest BCUT2D eigenvalue weighted by Gasteiger charge is 2.18. The number of thiazole rings is 1. The number of nitrogens with one attached hydrogen (secondary N) is 1. The van der Waals surface area contributed by atoms with Gasteiger partial charge in [0.1, 0.15) is 5.01 Å². The number of carbonyl (C=O) groups excluding carboxylic acids is 1. The van der Waals surface area contributed by atoms with Crippen molar-refractivity contribution in [2.24, 2.45) is 0 Å². The molecule has 1 aromatic heterocycles. The highest BCUT2D eigenvalue weighted by atomic mass is 79.9. The van der Waals surface area contributed by atoms with Gasteiger partial charge in [0.2, 0.25) is 5.91 Å². The van der Waals surface area contributed by atoms with Crippen molar-refractivity contribution in [3.05, 3.63) is 58.0 Å². The molecule has 0 saturated heterocycles. The van der Waals surface area contributed by atoms with Crippen LogP contribution in [0.4, 0.5) is 5.69 Å². The van der Waals surface area contributed by atoms with Gasteiger partial charge in [-0.3, -0.25) is 9.69 Å². The zero-order valence-electron chi connectivity index (χ0n) is 13.5. The Hall–Kier alpha value is -1.76. The average Bonchev–Trinajstić information content (AvgIpc) is 2.97. The maximum atomic E-state index is 12.3. The first-order chi connectivity index (χ1) is 11.5. The Kier molecular flexibility index (Phi) is 5.28. The van der Waals surface area contributed by atoms with Gasteiger partial charge in [0.15, 0.2) is 0 Å². The van der Waals surface area contributed by atoms with Crippen LogP contribution in [0.2, 0.25) is 0 Å². The molecular weight excluding hydrogens is 386 g/mol. The monoisotopic (exact) mass is 403 g/mol. The lowest BCUT2D eigenvalue weighted by molar-refractivity contribution is -0.117. The quantitative estimate of drug-likeness (QED) is 0.671. The van der Waals surface area contributed by atoms with Crippen LogP contribution < -0.4 is 5.32 Å². The van der Waals surface area contributed by atoms with Gasteiger partial charge >= 0.3 is 0 Å². The van der Waals surface area contributed by atoms with Crippen molar-refractivity contribution < 1.29 is 4.79 Å². The van der Waals surface area contributed by atoms with Crippen molar-refractivity contribution in [1.82, 2.24) is 9.88 Å². The van der Waals surface area contributed by atoms with Gasteiger partial charge in [-0.15, -0.1) is 11.3 Å². The fourth-order valence-corrected chi connectivity index (χ4v) is 3.87. The summed E-state index contributed by atoms with van der Waals surface area (Å²) in [6, 6.07) is 15.8. The lowest BCUT2D eigenvalue weighted by Crippen LogP contribution is -2.32. The number of hydrogen-bond donors (Lipinski definition) is 1. The molecule has 0 aliphatic heterocycles. The van der Waals surface area contributed by atoms with Crippen LogP contribution >= 0.6 is 27.3 Å². The summed E-state index contributed by atoms with van der Waals surface area (Å²) in [7, 11) is 1.94. The summed E-state index contributed by atoms with van der Waals surface area (Å²) in [5, 5.41) is 3.94. The Morgan fingerprint density at radius 3 is 2.83 bits per heavy atom. The first-order valence-electron chi connectivity index (χ1n) is 7.64. The van der Waals surface area contributed by atoms with Gasteiger partial charge in [-0.2, -0.15) is 0 Å². The summed E-state index contributed by atoms with van der Waals surface area (Å²) in [6.45, 7) is 2.38. The second kappa shape index (κ2) is 7.42. The molecular formula is C18H18BrN3OS. The highest BCUT2D eigenvalue weighted by Crippen LogP contribution is 2.28. The van der Waals surface area contributed by atoms with E-state index in [0.717, 1.165) is 20.7 Å². The molecule has 0 aliphatic carbocycles. The minimum atomic E-state index is -0.0384. The maximum Gasteiger partial charge on any atom is 0.238 e. The van der Waals surface area contributed by atoms with E-state index in [1.165, 1.54) is 4.70 Å². The Morgan fingerprint density at radius 1 is 1.29 bits per heavy atom. The summed E-state index contributed by atoms with van der Waals surface area (Å²) in [5.74, 6) is -0.0384. The molecule has 6 heteroatoms. The third-order valence-corrected chi connectivity index (χ3v) is 5.53. The standard InChI is InChI=1S/C18H18BrN3OS/c1-12(18-21-15-8-3-4-9-16(15)24-18)22(2)11-17(23)20-14-7-5-6-13(19)10-14/h3-10,12H,11H2,1-2H3,(H,20,23)/t12-/m0/s1. The smallest absolute Gasteiger partial charge is 0.238 e. The van der Waals surface area contributed by atoms with Gasteiger partial charge in [-0.1, -0.05) is 34.1 Å². The molecule has 0 aliphatic rings. The van der Waals surface area contributed by atoms with E-state index in [4.69, 9.17) is 0 Å². The number of halogens is 1. The predicted octanol–water partition coefficient (Wildman–Crippen LogP) is 4.69. The molecule has 0 saturated carbocycles. The molecule has 4 nitrogen and oxygen atoms in total. The summed E-state index contributed by atoms with van der Waals surface area (Å²) >= 11 is 5.08. The van der Waals surface area contributed by atoms with E-state index < -0.39 is 0 Å². The Balaban J connectivity index is 1.65. The minimum Gasteiger partial charge on any atom is -0.325 e. The second-order valence-electron chi connectivity index (χ2n) is 5.67. The number of benzene rings is 2. The van der Waals surface area contributed by atoms with E-state index in [-0.39, 0.29) is 11.9 Å². The van der Waals surface area contributed by atoms with Gasteiger partial charge in [-0.25, -0.2) is 4.98 Å². The van der Waals surface area contributed by atoms with Crippen molar-refractivity contribution in [3.63, 3.8) is 0 Å². The lowest BCUT2D eigenvalue weighted by Gasteiger charge is -2.22. The largest absolute Gasteiger partial charge is 0.325 e. The third-order valence-electron chi connectivity index (χ3n) is 3.83. The van der Waals surface area contributed by atoms with Crippen molar-refractivity contribution in [2.75, 3.05) is 18.9 Å². The maximum absolute atomic E-state index is 12.3. The van der Waals surface area contributed by atoms with E-state index in [0.29, 0.717) is 6.54 Å². The number of rotatable bonds is 5. The van der Waals surface area contributed by atoms with E-state index in [9.17, 15) is 4.79 Å². The van der Waals surface area contributed by atoms with Gasteiger partial charge < -0.3 is 5.32 Å². The second-order valence-corrected chi connectivity index (χ2v) is 7.65. The molecule has 1 N–H and O–H groups in total. The van der Waals surface area contributed by atoms with Crippen LogP contribution in [0.5, 0.6) is 0 Å². The number of amides is 1. The molecule has 1 heterocycles. The molecule has 0 radical (unpaired) electrons. The molecule has 0 fully saturated rings. The summed E-state index contributed by atoms with van der Waals surface area (Å²) < 4.78 is 2.11. The molecule has 3 aromatic rings. The van der Waals surface area contributed by atoms with E-state index in [1.807, 2.05) is 54.4 Å². The Bertz CT molecular complexity index is 831. The SMILES string of the molecule is C[C@@H](c1nc2ccccc2s1)N(C)CC(=O)Nc1cccc(Br)c1. The molecule has 2 aromatic carbocycles. The Labute approximate surface area is 153 Å². The highest BCUT2D eigenvalue weighted by molar-refractivity contribution is 9.10. The molecule has 1 atom stereocenters. The first kappa shape index (κ1) is 17.1. The lowest BCUT2D eigenvalue weighted by atomic mass is 10.3. The van der Waals surface area contributed by atoms with E-state index >= 15 is 0 Å². The van der Waals surface area contributed by atoms with Gasteiger partial charge in [0, 0.05) is 10.2 Å². The van der Waals surface area contributed by atoms with E-state index in [2.05, 4.69) is 39.2 Å². The fraction of sp³-hybridized carbons (Fsp3) is 0.222. The zero-order chi connectivity index (χ0) is 17.1. The van der Waals surface area contributed by atoms with Crippen LogP contribution in [0.3, 0.4) is 0 Å². The average molecular weight is 404 g/mol. The number of fused-ring (bicyclic) bond motifs is 1. The Morgan fingerprint density at radius 2 is 2.08 bits per heavy atom. The van der Waals surface area contributed by atoms with Gasteiger partial charge in [0.05, 0.1) is 22.8 Å². The van der Waals surface area contributed by atoms with Crippen molar-refractivity contribution >= 4 is 49.1 Å². The minimum absolute atomic E-state index is 0.0384. The summed E-state index contributed by atoms with van der Waals surface area (Å²) in [6.07, 6.45) is 0. The number of aromatic nitrogens is 1. The van der Waals surface area contributed by atoms with Crippen molar-refractivity contribution in [2.45, 2.75) is 13.0 Å². The van der Waals surface area contributed by atoms with Gasteiger partial charge in [-0.05, 0) is 44.3 Å². The number of hydrogen-bond acceptors (Lipinski definition) is 4. The predicted molar refractivity (Wildman–Crippen MR) is 103 cm³/mol. The van der Waals surface area contributed by atoms with Crippen LogP contribution in [-0.2, 0) is 4.79 Å². The molecule has 1 amide bonds. The van der Waals surface area contributed by atoms with Crippen molar-refractivity contribution in [1.29, 1.82) is 0 Å². The van der Waals surface area contributed by atoms with Crippen LogP contribution in [-0.4, -0.2) is 29.4 Å². The summed E-state index contributed by atoms with van der Waals surface area (Å²) in [4.78, 5) is 18.9. The number of anilines is 1. The molecule has 3 rings (SSSR count). The molecule has 0 bridgehead atoms. The van der Waals surface area contributed by atoms with Gasteiger partial charge in [0.25, 0.3) is 0 Å².